The van der Waals surface area contributed by atoms with Crippen LogP contribution in [0.1, 0.15) is 0 Å². The van der Waals surface area contributed by atoms with Crippen LogP contribution < -0.4 is 5.32 Å². The van der Waals surface area contributed by atoms with E-state index in [-0.39, 0.29) is 16.0 Å². The molecule has 6 heteroatoms. The van der Waals surface area contributed by atoms with Gasteiger partial charge in [0, 0.05) is 5.92 Å². The van der Waals surface area contributed by atoms with Crippen molar-refractivity contribution in [2.45, 2.75) is 15.7 Å². The molecule has 1 N–H and O–H groups in total. The highest BCUT2D eigenvalue weighted by molar-refractivity contribution is 9.10. The van der Waals surface area contributed by atoms with Crippen LogP contribution in [0.4, 0.5) is 4.79 Å². The molecular weight excluding hydrogens is 314 g/mol. The second-order valence-corrected chi connectivity index (χ2v) is 8.15. The van der Waals surface area contributed by atoms with Crippen LogP contribution in [0.5, 0.6) is 0 Å². The van der Waals surface area contributed by atoms with Gasteiger partial charge in [-0.2, -0.15) is 0 Å². The predicted octanol–water partition coefficient (Wildman–Crippen LogP) is 0.723. The van der Waals surface area contributed by atoms with Gasteiger partial charge < -0.3 is 19.5 Å². The topological polar surface area (TPSA) is 56.8 Å². The highest BCUT2D eigenvalue weighted by Gasteiger charge is 3.09. The fourth-order valence-corrected chi connectivity index (χ4v) is 8.73. The van der Waals surface area contributed by atoms with Gasteiger partial charge in [-0.3, -0.25) is 0 Å². The number of carbonyl (C=O) groups excluding carboxylic acids is 1. The molecule has 0 aromatic carbocycles. The van der Waals surface area contributed by atoms with Crippen LogP contribution in [0, 0.1) is 35.5 Å². The van der Waals surface area contributed by atoms with E-state index in [1.165, 1.54) is 7.11 Å². The molecule has 102 valence electrons. The monoisotopic (exact) mass is 327 g/mol. The number of rotatable bonds is 1. The molecule has 6 saturated carbocycles. The number of alkyl halides is 1. The maximum absolute atomic E-state index is 11.6. The molecule has 1 saturated heterocycles. The van der Waals surface area contributed by atoms with Crippen molar-refractivity contribution in [3.63, 3.8) is 0 Å². The maximum Gasteiger partial charge on any atom is 0.407 e. The molecule has 7 rings (SSSR count). The van der Waals surface area contributed by atoms with E-state index in [0.717, 1.165) is 0 Å². The van der Waals surface area contributed by atoms with E-state index in [4.69, 9.17) is 14.2 Å². The fourth-order valence-electron chi connectivity index (χ4n) is 7.10. The molecular formula is C13H14BrNO4. The molecule has 5 nitrogen and oxygen atoms in total. The largest absolute Gasteiger partial charge is 0.453 e. The fraction of sp³-hybridized carbons (Fsp3) is 0.923. The minimum atomic E-state index is -0.397. The first-order chi connectivity index (χ1) is 9.14. The van der Waals surface area contributed by atoms with Gasteiger partial charge in [0.1, 0.15) is 0 Å². The van der Waals surface area contributed by atoms with Crippen molar-refractivity contribution in [3.05, 3.63) is 0 Å². The molecule has 7 fully saturated rings. The lowest BCUT2D eigenvalue weighted by Gasteiger charge is -2.91. The van der Waals surface area contributed by atoms with Gasteiger partial charge in [0.25, 0.3) is 0 Å². The molecule has 1 heterocycles. The Hall–Kier alpha value is -0.330. The Balaban J connectivity index is 1.44. The van der Waals surface area contributed by atoms with Gasteiger partial charge in [-0.1, -0.05) is 15.9 Å². The van der Waals surface area contributed by atoms with E-state index in [2.05, 4.69) is 21.2 Å². The molecule has 0 aromatic rings. The van der Waals surface area contributed by atoms with Crippen molar-refractivity contribution >= 4 is 22.0 Å². The first-order valence-corrected chi connectivity index (χ1v) is 7.77. The first-order valence-electron chi connectivity index (χ1n) is 6.97. The summed E-state index contributed by atoms with van der Waals surface area (Å²) in [4.78, 5) is 11.6. The summed E-state index contributed by atoms with van der Waals surface area (Å²) >= 11 is 3.99. The second kappa shape index (κ2) is 2.46. The van der Waals surface area contributed by atoms with Crippen LogP contribution in [0.3, 0.4) is 0 Å². The lowest BCUT2D eigenvalue weighted by Crippen LogP contribution is -2.99. The van der Waals surface area contributed by atoms with Crippen molar-refractivity contribution in [2.24, 2.45) is 35.5 Å². The number of hydrogen-bond acceptors (Lipinski definition) is 4. The Bertz CT molecular complexity index is 525. The highest BCUT2D eigenvalue weighted by Crippen LogP contribution is 3.01. The number of nitrogens with one attached hydrogen (secondary N) is 1. The molecule has 8 atom stereocenters. The van der Waals surface area contributed by atoms with Crippen LogP contribution in [0.15, 0.2) is 0 Å². The quantitative estimate of drug-likeness (QED) is 0.721. The van der Waals surface area contributed by atoms with Crippen molar-refractivity contribution in [2.75, 3.05) is 20.3 Å². The summed E-state index contributed by atoms with van der Waals surface area (Å²) in [6.07, 6.45) is -0.290. The minimum absolute atomic E-state index is 0.0170. The van der Waals surface area contributed by atoms with Crippen molar-refractivity contribution in [3.8, 4) is 0 Å². The third kappa shape index (κ3) is 0.605. The van der Waals surface area contributed by atoms with Crippen LogP contribution in [0.25, 0.3) is 0 Å². The van der Waals surface area contributed by atoms with Crippen LogP contribution >= 0.6 is 15.9 Å². The second-order valence-electron chi connectivity index (χ2n) is 6.84. The van der Waals surface area contributed by atoms with Gasteiger partial charge in [0.2, 0.25) is 0 Å². The lowest BCUT2D eigenvalue weighted by molar-refractivity contribution is -0.391. The van der Waals surface area contributed by atoms with E-state index in [9.17, 15) is 4.79 Å². The van der Waals surface area contributed by atoms with Crippen molar-refractivity contribution in [1.29, 1.82) is 0 Å². The normalized spacial score (nSPS) is 66.6. The molecule has 7 aliphatic rings. The minimum Gasteiger partial charge on any atom is -0.453 e. The summed E-state index contributed by atoms with van der Waals surface area (Å²) < 4.78 is 17.0. The Morgan fingerprint density at radius 2 is 1.74 bits per heavy atom. The summed E-state index contributed by atoms with van der Waals surface area (Å²) in [7, 11) is 1.43. The molecule has 1 amide bonds. The number of ether oxygens (including phenoxy) is 3. The van der Waals surface area contributed by atoms with Crippen LogP contribution in [-0.4, -0.2) is 42.1 Å². The molecule has 6 aliphatic carbocycles. The number of alkyl carbamates (subject to hydrolysis) is 1. The molecule has 1 aliphatic heterocycles. The maximum atomic E-state index is 11.6. The summed E-state index contributed by atoms with van der Waals surface area (Å²) in [5.74, 6) is 2.95. The Kier molecular flexibility index (Phi) is 1.35. The molecule has 4 unspecified atom stereocenters. The Morgan fingerprint density at radius 3 is 2.32 bits per heavy atom. The summed E-state index contributed by atoms with van der Waals surface area (Å²) in [5.41, 5.74) is 0.0170. The zero-order valence-corrected chi connectivity index (χ0v) is 12.0. The molecule has 2 bridgehead atoms. The smallest absolute Gasteiger partial charge is 0.407 e. The van der Waals surface area contributed by atoms with Gasteiger partial charge in [-0.15, -0.1) is 0 Å². The Morgan fingerprint density at radius 1 is 1.16 bits per heavy atom. The Labute approximate surface area is 118 Å². The van der Waals surface area contributed by atoms with Gasteiger partial charge in [-0.25, -0.2) is 4.79 Å². The number of hydrogen-bond donors (Lipinski definition) is 1. The summed E-state index contributed by atoms with van der Waals surface area (Å²) in [6.45, 7) is 1.40. The van der Waals surface area contributed by atoms with Gasteiger partial charge >= 0.3 is 6.09 Å². The SMILES string of the molecule is COC(=O)NC12C3[C@@H]4[C@H]1C1[C@@H]2[C@H]3C4(Br)C12OCCO2. The third-order valence-corrected chi connectivity index (χ3v) is 8.75. The predicted molar refractivity (Wildman–Crippen MR) is 65.5 cm³/mol. The van der Waals surface area contributed by atoms with E-state index < -0.39 is 5.79 Å². The molecule has 19 heavy (non-hydrogen) atoms. The van der Waals surface area contributed by atoms with Crippen LogP contribution in [-0.2, 0) is 14.2 Å². The number of amides is 1. The average Bonchev–Trinajstić information content (AvgIpc) is 2.95. The van der Waals surface area contributed by atoms with E-state index in [1.807, 2.05) is 0 Å². The molecule has 0 radical (unpaired) electrons. The first kappa shape index (κ1) is 10.4. The van der Waals surface area contributed by atoms with Gasteiger partial charge in [-0.05, 0) is 29.6 Å². The van der Waals surface area contributed by atoms with E-state index in [1.54, 1.807) is 0 Å². The highest BCUT2D eigenvalue weighted by atomic mass is 79.9. The van der Waals surface area contributed by atoms with Gasteiger partial charge in [0.05, 0.1) is 30.2 Å². The standard InChI is InChI=1S/C13H14BrNO4/c1-17-10(16)15-11-4-7-5(11)9-6(11)8(4)12(7,14)13(9)18-2-3-19-13/h4-9H,2-3H2,1H3,(H,15,16)/t4?,5-,6-,7-,8+,9?,11?,12?/m0/s1. The molecule has 0 aromatic heterocycles. The van der Waals surface area contributed by atoms with E-state index in [0.29, 0.717) is 48.7 Å². The van der Waals surface area contributed by atoms with Crippen molar-refractivity contribution < 1.29 is 19.0 Å². The molecule has 1 spiro atoms. The zero-order valence-electron chi connectivity index (χ0n) is 10.4. The summed E-state index contributed by atoms with van der Waals surface area (Å²) in [6, 6.07) is 0. The zero-order chi connectivity index (χ0) is 12.8. The number of halogens is 1. The summed E-state index contributed by atoms with van der Waals surface area (Å²) in [5, 5.41) is 3.13. The van der Waals surface area contributed by atoms with Crippen LogP contribution in [0.2, 0.25) is 0 Å². The lowest BCUT2D eigenvalue weighted by atomic mass is 9.16. The van der Waals surface area contributed by atoms with Crippen molar-refractivity contribution in [1.82, 2.24) is 5.32 Å². The third-order valence-electron chi connectivity index (χ3n) is 7.14. The average molecular weight is 328 g/mol. The number of methoxy groups -OCH3 is 1. The number of carbonyl (C=O) groups is 1. The van der Waals surface area contributed by atoms with Gasteiger partial charge in [0.15, 0.2) is 5.79 Å². The van der Waals surface area contributed by atoms with E-state index >= 15 is 0 Å².